The van der Waals surface area contributed by atoms with E-state index < -0.39 is 23.7 Å². The molecule has 1 fully saturated rings. The van der Waals surface area contributed by atoms with Crippen LogP contribution in [0, 0.1) is 12.3 Å². The number of aliphatic carboxylic acids is 1. The predicted octanol–water partition coefficient (Wildman–Crippen LogP) is 3.13. The molecule has 24 heavy (non-hydrogen) atoms. The average Bonchev–Trinajstić information content (AvgIpc) is 2.74. The number of halogens is 2. The van der Waals surface area contributed by atoms with Gasteiger partial charge >= 0.3 is 5.97 Å². The van der Waals surface area contributed by atoms with Gasteiger partial charge in [0.25, 0.3) is 11.1 Å². The topological polar surface area (TPSA) is 83.9 Å². The van der Waals surface area contributed by atoms with Crippen molar-refractivity contribution >= 4 is 58.2 Å². The fraction of sp³-hybridized carbons (Fsp3) is 0.133. The van der Waals surface area contributed by atoms with E-state index in [1.54, 1.807) is 0 Å². The summed E-state index contributed by atoms with van der Waals surface area (Å²) in [4.78, 5) is 35.5. The summed E-state index contributed by atoms with van der Waals surface area (Å²) >= 11 is 12.8. The number of amides is 2. The number of imide groups is 1. The normalized spacial score (nSPS) is 15.7. The summed E-state index contributed by atoms with van der Waals surface area (Å²) in [5.41, 5.74) is 0.457. The molecule has 0 unspecified atom stereocenters. The van der Waals surface area contributed by atoms with Crippen molar-refractivity contribution in [2.45, 2.75) is 0 Å². The Morgan fingerprint density at radius 1 is 1.38 bits per heavy atom. The first kappa shape index (κ1) is 18.2. The van der Waals surface area contributed by atoms with Gasteiger partial charge in [-0.1, -0.05) is 29.1 Å². The number of ether oxygens (including phenoxy) is 1. The van der Waals surface area contributed by atoms with Crippen LogP contribution in [0.15, 0.2) is 17.0 Å². The van der Waals surface area contributed by atoms with Gasteiger partial charge in [-0.3, -0.25) is 14.5 Å². The zero-order valence-electron chi connectivity index (χ0n) is 11.9. The summed E-state index contributed by atoms with van der Waals surface area (Å²) in [6.07, 6.45) is 6.57. The molecule has 1 heterocycles. The van der Waals surface area contributed by atoms with Crippen molar-refractivity contribution in [1.29, 1.82) is 0 Å². The number of nitrogens with zero attached hydrogens (tertiary/aromatic N) is 1. The van der Waals surface area contributed by atoms with E-state index in [9.17, 15) is 14.4 Å². The third kappa shape index (κ3) is 4.03. The van der Waals surface area contributed by atoms with Gasteiger partial charge in [0.15, 0.2) is 12.4 Å². The lowest BCUT2D eigenvalue weighted by Crippen LogP contribution is -2.28. The number of carbonyl (C=O) groups is 3. The van der Waals surface area contributed by atoms with Crippen molar-refractivity contribution in [3.63, 3.8) is 0 Å². The number of hydrogen-bond acceptors (Lipinski definition) is 5. The summed E-state index contributed by atoms with van der Waals surface area (Å²) in [6.45, 7) is -0.699. The molecule has 1 aliphatic heterocycles. The predicted molar refractivity (Wildman–Crippen MR) is 91.1 cm³/mol. The number of benzene rings is 1. The van der Waals surface area contributed by atoms with E-state index in [1.807, 2.05) is 0 Å². The zero-order valence-corrected chi connectivity index (χ0v) is 14.2. The van der Waals surface area contributed by atoms with E-state index in [-0.39, 0.29) is 27.2 Å². The molecule has 0 aliphatic carbocycles. The molecule has 0 aromatic heterocycles. The third-order valence-electron chi connectivity index (χ3n) is 2.78. The van der Waals surface area contributed by atoms with E-state index in [4.69, 9.17) is 39.5 Å². The standard InChI is InChI=1S/C15H9Cl2NO5S/c1-2-3-18-14(21)11(24-15(18)22)6-8-4-9(16)13(10(17)5-8)23-7-12(19)20/h1,4-6H,3,7H2,(H,19,20)/b11-6-. The number of carboxylic acid groups (broad SMARTS) is 1. The molecule has 1 N–H and O–H groups in total. The molecule has 1 aliphatic rings. The Hall–Kier alpha value is -2.14. The van der Waals surface area contributed by atoms with Crippen LogP contribution in [0.1, 0.15) is 5.56 Å². The molecule has 124 valence electrons. The molecule has 1 aromatic carbocycles. The van der Waals surface area contributed by atoms with Crippen LogP contribution in [0.2, 0.25) is 10.0 Å². The maximum Gasteiger partial charge on any atom is 0.341 e. The van der Waals surface area contributed by atoms with Gasteiger partial charge < -0.3 is 9.84 Å². The van der Waals surface area contributed by atoms with Crippen LogP contribution in [0.4, 0.5) is 4.79 Å². The highest BCUT2D eigenvalue weighted by Crippen LogP contribution is 2.37. The lowest BCUT2D eigenvalue weighted by molar-refractivity contribution is -0.139. The molecule has 1 saturated heterocycles. The van der Waals surface area contributed by atoms with E-state index in [0.717, 1.165) is 16.7 Å². The Morgan fingerprint density at radius 3 is 2.54 bits per heavy atom. The Labute approximate surface area is 151 Å². The first-order valence-corrected chi connectivity index (χ1v) is 7.93. The summed E-state index contributed by atoms with van der Waals surface area (Å²) in [6, 6.07) is 2.89. The number of carbonyl (C=O) groups excluding carboxylic acids is 2. The lowest BCUT2D eigenvalue weighted by atomic mass is 10.2. The molecule has 0 saturated carbocycles. The van der Waals surface area contributed by atoms with Crippen molar-refractivity contribution in [3.8, 4) is 18.1 Å². The molecule has 2 rings (SSSR count). The van der Waals surface area contributed by atoms with Gasteiger partial charge in [-0.25, -0.2) is 4.79 Å². The molecule has 6 nitrogen and oxygen atoms in total. The first-order valence-electron chi connectivity index (χ1n) is 6.36. The summed E-state index contributed by atoms with van der Waals surface area (Å²) in [5.74, 6) is 0.595. The number of terminal acetylenes is 1. The van der Waals surface area contributed by atoms with Gasteiger partial charge in [0.2, 0.25) is 0 Å². The molecular weight excluding hydrogens is 377 g/mol. The van der Waals surface area contributed by atoms with Crippen molar-refractivity contribution in [2.75, 3.05) is 13.2 Å². The van der Waals surface area contributed by atoms with Crippen LogP contribution in [0.25, 0.3) is 6.08 Å². The highest BCUT2D eigenvalue weighted by Gasteiger charge is 2.34. The van der Waals surface area contributed by atoms with Crippen LogP contribution in [0.3, 0.4) is 0 Å². The van der Waals surface area contributed by atoms with E-state index in [1.165, 1.54) is 18.2 Å². The molecule has 0 spiro atoms. The van der Waals surface area contributed by atoms with Crippen molar-refractivity contribution in [3.05, 3.63) is 32.6 Å². The van der Waals surface area contributed by atoms with Crippen LogP contribution in [-0.2, 0) is 9.59 Å². The van der Waals surface area contributed by atoms with E-state index in [0.29, 0.717) is 5.56 Å². The number of rotatable bonds is 5. The summed E-state index contributed by atoms with van der Waals surface area (Å²) in [7, 11) is 0. The van der Waals surface area contributed by atoms with Crippen molar-refractivity contribution < 1.29 is 24.2 Å². The van der Waals surface area contributed by atoms with Gasteiger partial charge in [-0.2, -0.15) is 0 Å². The van der Waals surface area contributed by atoms with Crippen LogP contribution in [-0.4, -0.2) is 40.3 Å². The Balaban J connectivity index is 2.28. The number of carboxylic acids is 1. The highest BCUT2D eigenvalue weighted by atomic mass is 35.5. The molecule has 0 radical (unpaired) electrons. The van der Waals surface area contributed by atoms with Gasteiger partial charge in [0.1, 0.15) is 0 Å². The Bertz CT molecular complexity index is 777. The molecule has 9 heteroatoms. The molecule has 1 aromatic rings. The van der Waals surface area contributed by atoms with Gasteiger partial charge in [0, 0.05) is 0 Å². The SMILES string of the molecule is C#CCN1C(=O)S/C(=C\c2cc(Cl)c(OCC(=O)O)c(Cl)c2)C1=O. The van der Waals surface area contributed by atoms with Gasteiger partial charge in [0.05, 0.1) is 21.5 Å². The highest BCUT2D eigenvalue weighted by molar-refractivity contribution is 8.18. The minimum absolute atomic E-state index is 0.0262. The van der Waals surface area contributed by atoms with Crippen LogP contribution >= 0.6 is 35.0 Å². The molecular formula is C15H9Cl2NO5S. The number of thioether (sulfide) groups is 1. The lowest BCUT2D eigenvalue weighted by Gasteiger charge is -2.09. The first-order chi connectivity index (χ1) is 11.3. The van der Waals surface area contributed by atoms with E-state index >= 15 is 0 Å². The maximum atomic E-state index is 12.1. The third-order valence-corrected chi connectivity index (χ3v) is 4.25. The summed E-state index contributed by atoms with van der Waals surface area (Å²) < 4.78 is 5.00. The number of hydrogen-bond donors (Lipinski definition) is 1. The van der Waals surface area contributed by atoms with E-state index in [2.05, 4.69) is 5.92 Å². The van der Waals surface area contributed by atoms with Crippen molar-refractivity contribution in [1.82, 2.24) is 4.90 Å². The quantitative estimate of drug-likeness (QED) is 0.619. The minimum Gasteiger partial charge on any atom is -0.479 e. The monoisotopic (exact) mass is 385 g/mol. The van der Waals surface area contributed by atoms with Crippen molar-refractivity contribution in [2.24, 2.45) is 0 Å². The Kier molecular flexibility index (Phi) is 5.78. The van der Waals surface area contributed by atoms with Crippen LogP contribution < -0.4 is 4.74 Å². The second-order valence-electron chi connectivity index (χ2n) is 4.47. The zero-order chi connectivity index (χ0) is 17.9. The smallest absolute Gasteiger partial charge is 0.341 e. The van der Waals surface area contributed by atoms with Gasteiger partial charge in [-0.15, -0.1) is 6.42 Å². The second kappa shape index (κ2) is 7.62. The fourth-order valence-electron chi connectivity index (χ4n) is 1.81. The maximum absolute atomic E-state index is 12.1. The molecule has 0 bridgehead atoms. The van der Waals surface area contributed by atoms with Gasteiger partial charge in [-0.05, 0) is 35.5 Å². The fourth-order valence-corrected chi connectivity index (χ4v) is 3.26. The minimum atomic E-state index is -1.17. The summed E-state index contributed by atoms with van der Waals surface area (Å²) in [5, 5.41) is 8.32. The average molecular weight is 386 g/mol. The molecule has 2 amide bonds. The second-order valence-corrected chi connectivity index (χ2v) is 6.28. The molecule has 0 atom stereocenters. The van der Waals surface area contributed by atoms with Crippen LogP contribution in [0.5, 0.6) is 5.75 Å². The largest absolute Gasteiger partial charge is 0.479 e. The Morgan fingerprint density at radius 2 is 2.00 bits per heavy atom.